The second-order valence-corrected chi connectivity index (χ2v) is 5.93. The second-order valence-electron chi connectivity index (χ2n) is 5.93. The first kappa shape index (κ1) is 15.4. The number of amides is 1. The third-order valence-electron chi connectivity index (χ3n) is 4.46. The van der Waals surface area contributed by atoms with Crippen LogP contribution in [0.3, 0.4) is 0 Å². The number of carbonyl (C=O) groups is 1. The highest BCUT2D eigenvalue weighted by Crippen LogP contribution is 2.30. The maximum atomic E-state index is 13.6. The average molecular weight is 307 g/mol. The summed E-state index contributed by atoms with van der Waals surface area (Å²) in [7, 11) is 0. The van der Waals surface area contributed by atoms with Crippen molar-refractivity contribution >= 4 is 5.91 Å². The van der Waals surface area contributed by atoms with Gasteiger partial charge in [-0.1, -0.05) is 18.2 Å². The molecule has 3 rings (SSSR count). The summed E-state index contributed by atoms with van der Waals surface area (Å²) in [6.45, 7) is 2.77. The summed E-state index contributed by atoms with van der Waals surface area (Å²) in [5.74, 6) is -0.633. The molecule has 0 radical (unpaired) electrons. The van der Waals surface area contributed by atoms with Crippen LogP contribution in [0.4, 0.5) is 4.39 Å². The summed E-state index contributed by atoms with van der Waals surface area (Å²) in [4.78, 5) is 14.1. The number of hydrogen-bond acceptors (Lipinski definition) is 3. The lowest BCUT2D eigenvalue weighted by Crippen LogP contribution is -2.51. The van der Waals surface area contributed by atoms with Crippen LogP contribution in [0.5, 0.6) is 0 Å². The van der Waals surface area contributed by atoms with Gasteiger partial charge in [-0.3, -0.25) is 4.79 Å². The van der Waals surface area contributed by atoms with Gasteiger partial charge < -0.3 is 14.4 Å². The first-order valence-corrected chi connectivity index (χ1v) is 7.98. The fourth-order valence-corrected chi connectivity index (χ4v) is 3.10. The molecule has 1 amide bonds. The predicted octanol–water partition coefficient (Wildman–Crippen LogP) is 2.51. The predicted molar refractivity (Wildman–Crippen MR) is 79.8 cm³/mol. The lowest BCUT2D eigenvalue weighted by atomic mass is 10.0. The molecular weight excluding hydrogens is 285 g/mol. The summed E-state index contributed by atoms with van der Waals surface area (Å²) in [6, 6.07) is 6.62. The number of benzene rings is 1. The van der Waals surface area contributed by atoms with Gasteiger partial charge in [0.15, 0.2) is 5.79 Å². The molecular formula is C17H22FNO3. The van der Waals surface area contributed by atoms with Gasteiger partial charge in [0.2, 0.25) is 5.91 Å². The van der Waals surface area contributed by atoms with E-state index in [4.69, 9.17) is 9.47 Å². The van der Waals surface area contributed by atoms with E-state index in [1.807, 2.05) is 4.90 Å². The van der Waals surface area contributed by atoms with Crippen LogP contribution in [-0.4, -0.2) is 42.9 Å². The van der Waals surface area contributed by atoms with E-state index >= 15 is 0 Å². The fourth-order valence-electron chi connectivity index (χ4n) is 3.10. The first-order chi connectivity index (χ1) is 10.7. The number of halogens is 1. The van der Waals surface area contributed by atoms with E-state index in [1.165, 1.54) is 6.07 Å². The maximum Gasteiger partial charge on any atom is 0.222 e. The van der Waals surface area contributed by atoms with Gasteiger partial charge in [0, 0.05) is 32.4 Å². The van der Waals surface area contributed by atoms with Crippen molar-refractivity contribution < 1.29 is 18.7 Å². The number of piperidine rings is 1. The standard InChI is InChI=1S/C17H22FNO3/c18-15-5-2-1-4-14(15)6-7-16(20)19-10-8-17(9-11-19)21-12-3-13-22-17/h1-2,4-5H,3,6-13H2. The van der Waals surface area contributed by atoms with Crippen molar-refractivity contribution in [2.75, 3.05) is 26.3 Å². The molecule has 0 N–H and O–H groups in total. The topological polar surface area (TPSA) is 38.8 Å². The summed E-state index contributed by atoms with van der Waals surface area (Å²) >= 11 is 0. The molecule has 0 aromatic heterocycles. The quantitative estimate of drug-likeness (QED) is 0.861. The van der Waals surface area contributed by atoms with Crippen molar-refractivity contribution in [3.8, 4) is 0 Å². The van der Waals surface area contributed by atoms with Gasteiger partial charge in [-0.05, 0) is 24.5 Å². The van der Waals surface area contributed by atoms with Crippen LogP contribution in [0.1, 0.15) is 31.2 Å². The van der Waals surface area contributed by atoms with Gasteiger partial charge >= 0.3 is 0 Å². The molecule has 2 saturated heterocycles. The molecule has 5 heteroatoms. The summed E-state index contributed by atoms with van der Waals surface area (Å²) in [5.41, 5.74) is 0.600. The zero-order chi connectivity index (χ0) is 15.4. The van der Waals surface area contributed by atoms with Crippen molar-refractivity contribution in [1.29, 1.82) is 0 Å². The number of rotatable bonds is 3. The Morgan fingerprint density at radius 2 is 1.86 bits per heavy atom. The van der Waals surface area contributed by atoms with Crippen LogP contribution in [0.2, 0.25) is 0 Å². The number of carbonyl (C=O) groups excluding carboxylic acids is 1. The van der Waals surface area contributed by atoms with E-state index in [1.54, 1.807) is 18.2 Å². The molecule has 1 spiro atoms. The Balaban J connectivity index is 1.49. The molecule has 120 valence electrons. The van der Waals surface area contributed by atoms with Crippen LogP contribution < -0.4 is 0 Å². The van der Waals surface area contributed by atoms with Gasteiger partial charge in [-0.25, -0.2) is 4.39 Å². The summed E-state index contributed by atoms with van der Waals surface area (Å²) in [6.07, 6.45) is 3.17. The van der Waals surface area contributed by atoms with Crippen molar-refractivity contribution in [1.82, 2.24) is 4.90 Å². The third kappa shape index (κ3) is 3.47. The minimum absolute atomic E-state index is 0.0777. The van der Waals surface area contributed by atoms with Crippen LogP contribution in [-0.2, 0) is 20.7 Å². The molecule has 0 atom stereocenters. The molecule has 2 aliphatic rings. The van der Waals surface area contributed by atoms with E-state index in [-0.39, 0.29) is 11.7 Å². The first-order valence-electron chi connectivity index (χ1n) is 7.98. The molecule has 2 heterocycles. The zero-order valence-electron chi connectivity index (χ0n) is 12.7. The molecule has 4 nitrogen and oxygen atoms in total. The van der Waals surface area contributed by atoms with Gasteiger partial charge in [-0.2, -0.15) is 0 Å². The molecule has 1 aromatic carbocycles. The fraction of sp³-hybridized carbons (Fsp3) is 0.588. The molecule has 0 unspecified atom stereocenters. The summed E-state index contributed by atoms with van der Waals surface area (Å²) in [5, 5.41) is 0. The Bertz CT molecular complexity index is 518. The lowest BCUT2D eigenvalue weighted by Gasteiger charge is -2.43. The van der Waals surface area contributed by atoms with Gasteiger partial charge in [-0.15, -0.1) is 0 Å². The molecule has 0 saturated carbocycles. The number of aryl methyl sites for hydroxylation is 1. The number of nitrogens with zero attached hydrogens (tertiary/aromatic N) is 1. The second kappa shape index (κ2) is 6.75. The molecule has 0 bridgehead atoms. The minimum atomic E-state index is -0.472. The SMILES string of the molecule is O=C(CCc1ccccc1F)N1CCC2(CC1)OCCCO2. The largest absolute Gasteiger partial charge is 0.350 e. The Labute approximate surface area is 130 Å². The zero-order valence-corrected chi connectivity index (χ0v) is 12.7. The van der Waals surface area contributed by atoms with Crippen LogP contribution in [0.25, 0.3) is 0 Å². The molecule has 1 aromatic rings. The molecule has 22 heavy (non-hydrogen) atoms. The van der Waals surface area contributed by atoms with Crippen LogP contribution >= 0.6 is 0 Å². The average Bonchev–Trinajstić information content (AvgIpc) is 2.55. The number of hydrogen-bond donors (Lipinski definition) is 0. The van der Waals surface area contributed by atoms with E-state index in [2.05, 4.69) is 0 Å². The van der Waals surface area contributed by atoms with Crippen molar-refractivity contribution in [3.05, 3.63) is 35.6 Å². The highest BCUT2D eigenvalue weighted by Gasteiger charge is 2.39. The van der Waals surface area contributed by atoms with Crippen molar-refractivity contribution in [3.63, 3.8) is 0 Å². The Morgan fingerprint density at radius 1 is 1.18 bits per heavy atom. The van der Waals surface area contributed by atoms with Gasteiger partial charge in [0.05, 0.1) is 13.2 Å². The number of likely N-dealkylation sites (tertiary alicyclic amines) is 1. The highest BCUT2D eigenvalue weighted by molar-refractivity contribution is 5.76. The van der Waals surface area contributed by atoms with Crippen LogP contribution in [0.15, 0.2) is 24.3 Å². The lowest BCUT2D eigenvalue weighted by molar-refractivity contribution is -0.282. The number of ether oxygens (including phenoxy) is 2. The molecule has 2 fully saturated rings. The highest BCUT2D eigenvalue weighted by atomic mass is 19.1. The summed E-state index contributed by atoms with van der Waals surface area (Å²) < 4.78 is 25.1. The Hall–Kier alpha value is -1.46. The van der Waals surface area contributed by atoms with E-state index < -0.39 is 5.79 Å². The van der Waals surface area contributed by atoms with Gasteiger partial charge in [0.1, 0.15) is 5.82 Å². The monoisotopic (exact) mass is 307 g/mol. The van der Waals surface area contributed by atoms with Crippen molar-refractivity contribution in [2.45, 2.75) is 37.9 Å². The van der Waals surface area contributed by atoms with Crippen LogP contribution in [0, 0.1) is 5.82 Å². The third-order valence-corrected chi connectivity index (χ3v) is 4.46. The smallest absolute Gasteiger partial charge is 0.222 e. The van der Waals surface area contributed by atoms with Crippen molar-refractivity contribution in [2.24, 2.45) is 0 Å². The van der Waals surface area contributed by atoms with Gasteiger partial charge in [0.25, 0.3) is 0 Å². The Kier molecular flexibility index (Phi) is 4.74. The normalized spacial score (nSPS) is 21.0. The van der Waals surface area contributed by atoms with E-state index in [9.17, 15) is 9.18 Å². The molecule has 2 aliphatic heterocycles. The Morgan fingerprint density at radius 3 is 2.55 bits per heavy atom. The maximum absolute atomic E-state index is 13.6. The minimum Gasteiger partial charge on any atom is -0.350 e. The van der Waals surface area contributed by atoms with E-state index in [0.29, 0.717) is 31.5 Å². The van der Waals surface area contributed by atoms with E-state index in [0.717, 1.165) is 32.5 Å². The molecule has 0 aliphatic carbocycles.